The molecular weight excluding hydrogens is 309 g/mol. The molecule has 0 bridgehead atoms. The van der Waals surface area contributed by atoms with Crippen LogP contribution in [0.15, 0.2) is 30.3 Å². The summed E-state index contributed by atoms with van der Waals surface area (Å²) in [5.74, 6) is -0.455. The van der Waals surface area contributed by atoms with Crippen LogP contribution in [-0.4, -0.2) is 15.7 Å². The van der Waals surface area contributed by atoms with Crippen LogP contribution in [0.4, 0.5) is 19.0 Å². The Kier molecular flexibility index (Phi) is 4.69. The van der Waals surface area contributed by atoms with Crippen molar-refractivity contribution < 1.29 is 18.0 Å². The molecule has 0 spiro atoms. The summed E-state index contributed by atoms with van der Waals surface area (Å²) in [4.78, 5) is 12.0. The van der Waals surface area contributed by atoms with Gasteiger partial charge in [0.15, 0.2) is 5.82 Å². The molecule has 23 heavy (non-hydrogen) atoms. The maximum absolute atomic E-state index is 12.7. The van der Waals surface area contributed by atoms with Gasteiger partial charge in [-0.15, -0.1) is 0 Å². The van der Waals surface area contributed by atoms with E-state index >= 15 is 0 Å². The van der Waals surface area contributed by atoms with Crippen LogP contribution >= 0.6 is 0 Å². The molecule has 1 aromatic heterocycles. The summed E-state index contributed by atoms with van der Waals surface area (Å²) < 4.78 is 39.5. The lowest BCUT2D eigenvalue weighted by atomic mass is 10.1. The Bertz CT molecular complexity index is 759. The van der Waals surface area contributed by atoms with Crippen LogP contribution in [0, 0.1) is 18.3 Å². The monoisotopic (exact) mass is 322 g/mol. The van der Waals surface area contributed by atoms with E-state index in [0.717, 1.165) is 17.8 Å². The number of nitrogens with one attached hydrogen (secondary N) is 1. The maximum atomic E-state index is 12.7. The fraction of sp³-hybridized carbons (Fsp3) is 0.267. The molecule has 1 aromatic carbocycles. The van der Waals surface area contributed by atoms with Crippen molar-refractivity contribution in [1.29, 1.82) is 5.26 Å². The number of aryl methyl sites for hydroxylation is 2. The molecular formula is C15H13F3N4O. The van der Waals surface area contributed by atoms with Crippen molar-refractivity contribution in [1.82, 2.24) is 9.78 Å². The molecule has 0 aliphatic carbocycles. The van der Waals surface area contributed by atoms with Crippen LogP contribution < -0.4 is 5.32 Å². The first kappa shape index (κ1) is 16.5. The molecule has 0 aliphatic rings. The maximum Gasteiger partial charge on any atom is 0.416 e. The van der Waals surface area contributed by atoms with Gasteiger partial charge in [0, 0.05) is 17.3 Å². The Labute approximate surface area is 130 Å². The summed E-state index contributed by atoms with van der Waals surface area (Å²) in [6.07, 6.45) is -4.24. The fourth-order valence-corrected chi connectivity index (χ4v) is 1.98. The van der Waals surface area contributed by atoms with Crippen molar-refractivity contribution in [2.45, 2.75) is 26.1 Å². The second kappa shape index (κ2) is 6.52. The highest BCUT2D eigenvalue weighted by atomic mass is 19.4. The predicted octanol–water partition coefficient (Wildman–Crippen LogP) is 3.38. The van der Waals surface area contributed by atoms with Crippen LogP contribution in [0.1, 0.15) is 28.0 Å². The first-order valence-corrected chi connectivity index (χ1v) is 6.71. The molecule has 1 heterocycles. The molecule has 0 fully saturated rings. The van der Waals surface area contributed by atoms with E-state index in [2.05, 4.69) is 10.4 Å². The van der Waals surface area contributed by atoms with Crippen molar-refractivity contribution >= 4 is 11.7 Å². The van der Waals surface area contributed by atoms with Gasteiger partial charge >= 0.3 is 6.18 Å². The zero-order valence-corrected chi connectivity index (χ0v) is 12.2. The van der Waals surface area contributed by atoms with Gasteiger partial charge in [0.1, 0.15) is 0 Å². The van der Waals surface area contributed by atoms with E-state index in [4.69, 9.17) is 5.26 Å². The highest BCUT2D eigenvalue weighted by molar-refractivity contribution is 6.03. The molecule has 2 aromatic rings. The average Bonchev–Trinajstić information content (AvgIpc) is 2.84. The highest BCUT2D eigenvalue weighted by Gasteiger charge is 2.30. The number of carbonyl (C=O) groups excluding carboxylic acids is 1. The molecule has 0 aliphatic heterocycles. The molecule has 0 unspecified atom stereocenters. The number of hydrogen-bond acceptors (Lipinski definition) is 3. The smallest absolute Gasteiger partial charge is 0.305 e. The van der Waals surface area contributed by atoms with E-state index < -0.39 is 17.6 Å². The van der Waals surface area contributed by atoms with E-state index in [1.807, 2.05) is 6.07 Å². The van der Waals surface area contributed by atoms with Crippen LogP contribution in [0.3, 0.4) is 0 Å². The largest absolute Gasteiger partial charge is 0.416 e. The van der Waals surface area contributed by atoms with Crippen molar-refractivity contribution in [3.8, 4) is 6.07 Å². The Hall–Kier alpha value is -2.82. The Morgan fingerprint density at radius 1 is 1.39 bits per heavy atom. The molecule has 1 amide bonds. The number of benzene rings is 1. The van der Waals surface area contributed by atoms with Gasteiger partial charge in [0.2, 0.25) is 0 Å². The quantitative estimate of drug-likeness (QED) is 0.938. The minimum absolute atomic E-state index is 0.107. The van der Waals surface area contributed by atoms with Crippen molar-refractivity contribution in [2.24, 2.45) is 0 Å². The molecule has 2 rings (SSSR count). The summed E-state index contributed by atoms with van der Waals surface area (Å²) in [5, 5.41) is 15.1. The standard InChI is InChI=1S/C15H13F3N4O/c1-10-8-13(21-22(10)7-3-6-19)20-14(23)11-4-2-5-12(9-11)15(16,17)18/h2,4-5,8-9H,3,7H2,1H3,(H,20,21,23). The molecule has 0 saturated carbocycles. The zero-order chi connectivity index (χ0) is 17.0. The topological polar surface area (TPSA) is 70.7 Å². The van der Waals surface area contributed by atoms with Crippen LogP contribution in [0.25, 0.3) is 0 Å². The van der Waals surface area contributed by atoms with E-state index in [0.29, 0.717) is 6.54 Å². The molecule has 0 saturated heterocycles. The van der Waals surface area contributed by atoms with Crippen molar-refractivity contribution in [3.05, 3.63) is 47.2 Å². The van der Waals surface area contributed by atoms with Gasteiger partial charge in [-0.25, -0.2) is 0 Å². The predicted molar refractivity (Wildman–Crippen MR) is 76.6 cm³/mol. The van der Waals surface area contributed by atoms with Gasteiger partial charge in [-0.2, -0.15) is 23.5 Å². The summed E-state index contributed by atoms with van der Waals surface area (Å²) in [6.45, 7) is 2.13. The molecule has 5 nitrogen and oxygen atoms in total. The minimum atomic E-state index is -4.51. The third kappa shape index (κ3) is 4.10. The number of amides is 1. The van der Waals surface area contributed by atoms with Crippen molar-refractivity contribution in [2.75, 3.05) is 5.32 Å². The average molecular weight is 322 g/mol. The third-order valence-corrected chi connectivity index (χ3v) is 3.11. The zero-order valence-electron chi connectivity index (χ0n) is 12.2. The van der Waals surface area contributed by atoms with Crippen molar-refractivity contribution in [3.63, 3.8) is 0 Å². The second-order valence-corrected chi connectivity index (χ2v) is 4.83. The second-order valence-electron chi connectivity index (χ2n) is 4.83. The van der Waals surface area contributed by atoms with E-state index in [9.17, 15) is 18.0 Å². The number of hydrogen-bond donors (Lipinski definition) is 1. The number of carbonyl (C=O) groups is 1. The van der Waals surface area contributed by atoms with E-state index in [1.165, 1.54) is 12.1 Å². The van der Waals surface area contributed by atoms with Crippen LogP contribution in [0.2, 0.25) is 0 Å². The Morgan fingerprint density at radius 2 is 2.13 bits per heavy atom. The fourth-order valence-electron chi connectivity index (χ4n) is 1.98. The molecule has 0 radical (unpaired) electrons. The van der Waals surface area contributed by atoms with Crippen LogP contribution in [0.5, 0.6) is 0 Å². The first-order valence-electron chi connectivity index (χ1n) is 6.71. The lowest BCUT2D eigenvalue weighted by Gasteiger charge is -2.08. The van der Waals surface area contributed by atoms with E-state index in [1.54, 1.807) is 17.7 Å². The number of anilines is 1. The van der Waals surface area contributed by atoms with Gasteiger partial charge < -0.3 is 5.32 Å². The van der Waals surface area contributed by atoms with Gasteiger partial charge in [-0.05, 0) is 25.1 Å². The number of nitriles is 1. The van der Waals surface area contributed by atoms with Gasteiger partial charge in [-0.1, -0.05) is 6.07 Å². The number of rotatable bonds is 4. The minimum Gasteiger partial charge on any atom is -0.305 e. The van der Waals surface area contributed by atoms with Crippen LogP contribution in [-0.2, 0) is 12.7 Å². The molecule has 1 N–H and O–H groups in total. The van der Waals surface area contributed by atoms with E-state index in [-0.39, 0.29) is 17.8 Å². The summed E-state index contributed by atoms with van der Waals surface area (Å²) in [7, 11) is 0. The molecule has 0 atom stereocenters. The molecule has 8 heteroatoms. The third-order valence-electron chi connectivity index (χ3n) is 3.11. The summed E-state index contributed by atoms with van der Waals surface area (Å²) >= 11 is 0. The lowest BCUT2D eigenvalue weighted by molar-refractivity contribution is -0.137. The number of alkyl halides is 3. The summed E-state index contributed by atoms with van der Waals surface area (Å²) in [6, 6.07) is 7.73. The number of halogens is 3. The number of aromatic nitrogens is 2. The first-order chi connectivity index (χ1) is 10.8. The van der Waals surface area contributed by atoms with Gasteiger partial charge in [0.25, 0.3) is 5.91 Å². The highest BCUT2D eigenvalue weighted by Crippen LogP contribution is 2.29. The normalized spacial score (nSPS) is 11.1. The summed E-state index contributed by atoms with van der Waals surface area (Å²) in [5.41, 5.74) is -0.260. The SMILES string of the molecule is Cc1cc(NC(=O)c2cccc(C(F)(F)F)c2)nn1CCC#N. The number of nitrogens with zero attached hydrogens (tertiary/aromatic N) is 3. The van der Waals surface area contributed by atoms with Gasteiger partial charge in [0.05, 0.1) is 24.6 Å². The molecule has 120 valence electrons. The Morgan fingerprint density at radius 3 is 2.78 bits per heavy atom. The van der Waals surface area contributed by atoms with Gasteiger partial charge in [-0.3, -0.25) is 9.48 Å². The lowest BCUT2D eigenvalue weighted by Crippen LogP contribution is -2.14. The Balaban J connectivity index is 2.15.